The van der Waals surface area contributed by atoms with Crippen LogP contribution in [-0.2, 0) is 16.0 Å². The first-order chi connectivity index (χ1) is 13.7. The molecule has 1 N–H and O–H groups in total. The van der Waals surface area contributed by atoms with Crippen molar-refractivity contribution >= 4 is 23.0 Å². The number of H-pyrrole nitrogens is 1. The van der Waals surface area contributed by atoms with Crippen LogP contribution in [0.2, 0.25) is 0 Å². The summed E-state index contributed by atoms with van der Waals surface area (Å²) in [5.41, 5.74) is 1.29. The van der Waals surface area contributed by atoms with E-state index in [2.05, 4.69) is 9.97 Å². The summed E-state index contributed by atoms with van der Waals surface area (Å²) in [6.07, 6.45) is 7.34. The van der Waals surface area contributed by atoms with Crippen molar-refractivity contribution < 1.29 is 14.3 Å². The van der Waals surface area contributed by atoms with E-state index in [1.165, 1.54) is 0 Å². The predicted octanol–water partition coefficient (Wildman–Crippen LogP) is 3.49. The first-order valence-corrected chi connectivity index (χ1v) is 10.4. The van der Waals surface area contributed by atoms with Crippen molar-refractivity contribution in [3.63, 3.8) is 0 Å². The predicted molar refractivity (Wildman–Crippen MR) is 110 cm³/mol. The maximum absolute atomic E-state index is 13.0. The molecule has 0 radical (unpaired) electrons. The van der Waals surface area contributed by atoms with Crippen LogP contribution in [0.3, 0.4) is 0 Å². The lowest BCUT2D eigenvalue weighted by atomic mass is 9.96. The van der Waals surface area contributed by atoms with Crippen molar-refractivity contribution in [3.05, 3.63) is 30.1 Å². The molecule has 2 bridgehead atoms. The maximum atomic E-state index is 13.0. The van der Waals surface area contributed by atoms with E-state index in [9.17, 15) is 9.59 Å². The summed E-state index contributed by atoms with van der Waals surface area (Å²) < 4.78 is 5.61. The van der Waals surface area contributed by atoms with Crippen molar-refractivity contribution in [3.8, 4) is 0 Å². The number of fused-ring (bicyclic) bond motifs is 3. The summed E-state index contributed by atoms with van der Waals surface area (Å²) in [7, 11) is 1.89. The number of pyridine rings is 1. The molecule has 3 atom stereocenters. The molecule has 2 saturated heterocycles. The number of hydrogen-bond acceptors (Lipinski definition) is 4. The average Bonchev–Trinajstić information content (AvgIpc) is 3.18. The fourth-order valence-corrected chi connectivity index (χ4v) is 4.73. The second-order valence-electron chi connectivity index (χ2n) is 9.29. The minimum Gasteiger partial charge on any atom is -0.444 e. The number of rotatable bonds is 3. The zero-order chi connectivity index (χ0) is 20.8. The molecule has 2 aromatic heterocycles. The highest BCUT2D eigenvalue weighted by molar-refractivity contribution is 5.87. The van der Waals surface area contributed by atoms with Gasteiger partial charge in [0.2, 0.25) is 5.91 Å². The van der Waals surface area contributed by atoms with Crippen molar-refractivity contribution in [2.45, 2.75) is 76.6 Å². The molecular formula is C22H30N4O3. The smallest absolute Gasteiger partial charge is 0.410 e. The number of aromatic amines is 1. The second-order valence-corrected chi connectivity index (χ2v) is 9.29. The van der Waals surface area contributed by atoms with Crippen LogP contribution < -0.4 is 0 Å². The number of piperidine rings is 1. The van der Waals surface area contributed by atoms with Gasteiger partial charge in [0.1, 0.15) is 11.2 Å². The normalized spacial score (nSPS) is 24.0. The highest BCUT2D eigenvalue weighted by Crippen LogP contribution is 2.38. The third-order valence-corrected chi connectivity index (χ3v) is 6.13. The Balaban J connectivity index is 1.41. The van der Waals surface area contributed by atoms with Gasteiger partial charge in [0, 0.05) is 43.0 Å². The molecule has 2 fully saturated rings. The van der Waals surface area contributed by atoms with Gasteiger partial charge in [-0.05, 0) is 64.2 Å². The van der Waals surface area contributed by atoms with Gasteiger partial charge in [-0.1, -0.05) is 0 Å². The lowest BCUT2D eigenvalue weighted by Crippen LogP contribution is -2.54. The minimum absolute atomic E-state index is 0.102. The summed E-state index contributed by atoms with van der Waals surface area (Å²) >= 11 is 0. The SMILES string of the molecule is CN(C(=O)Cc1c[nH]c2ncccc12)C1C[C@H]2CC[C@@H](C1)N2C(=O)OC(C)(C)C. The first kappa shape index (κ1) is 19.7. The lowest BCUT2D eigenvalue weighted by molar-refractivity contribution is -0.132. The number of carbonyl (C=O) groups is 2. The summed E-state index contributed by atoms with van der Waals surface area (Å²) in [5, 5.41) is 0.995. The van der Waals surface area contributed by atoms with Crippen LogP contribution in [-0.4, -0.2) is 62.5 Å². The van der Waals surface area contributed by atoms with Gasteiger partial charge in [-0.15, -0.1) is 0 Å². The van der Waals surface area contributed by atoms with Gasteiger partial charge in [-0.2, -0.15) is 0 Å². The Hall–Kier alpha value is -2.57. The van der Waals surface area contributed by atoms with E-state index in [0.717, 1.165) is 42.3 Å². The van der Waals surface area contributed by atoms with Crippen LogP contribution in [0.25, 0.3) is 11.0 Å². The van der Waals surface area contributed by atoms with E-state index in [4.69, 9.17) is 4.74 Å². The molecule has 156 valence electrons. The van der Waals surface area contributed by atoms with E-state index < -0.39 is 5.60 Å². The number of nitrogens with one attached hydrogen (secondary N) is 1. The van der Waals surface area contributed by atoms with E-state index in [-0.39, 0.29) is 30.1 Å². The number of amides is 2. The number of carbonyl (C=O) groups excluding carboxylic acids is 2. The van der Waals surface area contributed by atoms with Crippen molar-refractivity contribution in [1.82, 2.24) is 19.8 Å². The molecule has 4 heterocycles. The number of aromatic nitrogens is 2. The Morgan fingerprint density at radius 1 is 1.28 bits per heavy atom. The van der Waals surface area contributed by atoms with Crippen LogP contribution in [0.5, 0.6) is 0 Å². The molecular weight excluding hydrogens is 368 g/mol. The van der Waals surface area contributed by atoms with Gasteiger partial charge >= 0.3 is 6.09 Å². The van der Waals surface area contributed by atoms with Crippen LogP contribution in [0.4, 0.5) is 4.79 Å². The van der Waals surface area contributed by atoms with E-state index in [1.807, 2.05) is 55.9 Å². The molecule has 0 aromatic carbocycles. The molecule has 1 unspecified atom stereocenters. The first-order valence-electron chi connectivity index (χ1n) is 10.4. The van der Waals surface area contributed by atoms with Crippen LogP contribution in [0, 0.1) is 0 Å². The Kier molecular flexibility index (Phi) is 5.00. The van der Waals surface area contributed by atoms with E-state index in [1.54, 1.807) is 6.20 Å². The van der Waals surface area contributed by atoms with Crippen molar-refractivity contribution in [1.29, 1.82) is 0 Å². The monoisotopic (exact) mass is 398 g/mol. The van der Waals surface area contributed by atoms with Gasteiger partial charge in [0.15, 0.2) is 0 Å². The molecule has 7 heteroatoms. The van der Waals surface area contributed by atoms with Gasteiger partial charge in [-0.25, -0.2) is 9.78 Å². The Morgan fingerprint density at radius 3 is 2.62 bits per heavy atom. The summed E-state index contributed by atoms with van der Waals surface area (Å²) in [5.74, 6) is 0.102. The van der Waals surface area contributed by atoms with Gasteiger partial charge in [0.25, 0.3) is 0 Å². The largest absolute Gasteiger partial charge is 0.444 e. The molecule has 0 saturated carbocycles. The quantitative estimate of drug-likeness (QED) is 0.858. The molecule has 29 heavy (non-hydrogen) atoms. The van der Waals surface area contributed by atoms with Gasteiger partial charge in [-0.3, -0.25) is 4.79 Å². The highest BCUT2D eigenvalue weighted by atomic mass is 16.6. The summed E-state index contributed by atoms with van der Waals surface area (Å²) in [6, 6.07) is 4.34. The fourth-order valence-electron chi connectivity index (χ4n) is 4.73. The highest BCUT2D eigenvalue weighted by Gasteiger charge is 2.46. The Labute approximate surface area is 171 Å². The molecule has 2 aliphatic heterocycles. The minimum atomic E-state index is -0.492. The molecule has 4 rings (SSSR count). The molecule has 2 aromatic rings. The van der Waals surface area contributed by atoms with Crippen LogP contribution in [0.15, 0.2) is 24.5 Å². The van der Waals surface area contributed by atoms with Crippen LogP contribution in [0.1, 0.15) is 52.0 Å². The van der Waals surface area contributed by atoms with Gasteiger partial charge in [0.05, 0.1) is 6.42 Å². The third kappa shape index (κ3) is 3.95. The standard InChI is InChI=1S/C22H30N4O3/c1-22(2,3)29-21(28)26-15-7-8-16(26)12-17(11-15)25(4)19(27)10-14-13-24-20-18(14)6-5-9-23-20/h5-6,9,13,15-17H,7-8,10-12H2,1-4H3,(H,23,24)/t15-,16+,17?. The Morgan fingerprint density at radius 2 is 1.97 bits per heavy atom. The molecule has 0 aliphatic carbocycles. The molecule has 2 amide bonds. The molecule has 2 aliphatic rings. The topological polar surface area (TPSA) is 78.5 Å². The van der Waals surface area contributed by atoms with Crippen LogP contribution >= 0.6 is 0 Å². The second kappa shape index (κ2) is 7.35. The van der Waals surface area contributed by atoms with Crippen molar-refractivity contribution in [2.75, 3.05) is 7.05 Å². The number of nitrogens with zero attached hydrogens (tertiary/aromatic N) is 3. The molecule has 7 nitrogen and oxygen atoms in total. The Bertz CT molecular complexity index is 902. The average molecular weight is 399 g/mol. The van der Waals surface area contributed by atoms with E-state index in [0.29, 0.717) is 6.42 Å². The number of hydrogen-bond donors (Lipinski definition) is 1. The summed E-state index contributed by atoms with van der Waals surface area (Å²) in [4.78, 5) is 36.8. The zero-order valence-corrected chi connectivity index (χ0v) is 17.6. The molecule has 0 spiro atoms. The van der Waals surface area contributed by atoms with E-state index >= 15 is 0 Å². The fraction of sp³-hybridized carbons (Fsp3) is 0.591. The zero-order valence-electron chi connectivity index (χ0n) is 17.6. The van der Waals surface area contributed by atoms with Gasteiger partial charge < -0.3 is 19.5 Å². The maximum Gasteiger partial charge on any atom is 0.410 e. The third-order valence-electron chi connectivity index (χ3n) is 6.13. The van der Waals surface area contributed by atoms with Crippen molar-refractivity contribution in [2.24, 2.45) is 0 Å². The number of ether oxygens (including phenoxy) is 1. The number of likely N-dealkylation sites (N-methyl/N-ethyl adjacent to an activating group) is 1. The summed E-state index contributed by atoms with van der Waals surface area (Å²) in [6.45, 7) is 5.69. The lowest BCUT2D eigenvalue weighted by Gasteiger charge is -2.42.